The molecule has 4 rings (SSSR count). The molecule has 0 atom stereocenters. The summed E-state index contributed by atoms with van der Waals surface area (Å²) in [7, 11) is 1.58. The van der Waals surface area contributed by atoms with Gasteiger partial charge < -0.3 is 18.9 Å². The van der Waals surface area contributed by atoms with Gasteiger partial charge in [-0.1, -0.05) is 0 Å². The maximum atomic E-state index is 12.2. The summed E-state index contributed by atoms with van der Waals surface area (Å²) in [4.78, 5) is 16.4. The summed E-state index contributed by atoms with van der Waals surface area (Å²) in [5.41, 5.74) is 2.20. The molecule has 0 unspecified atom stereocenters. The van der Waals surface area contributed by atoms with Crippen molar-refractivity contribution in [3.8, 4) is 17.2 Å². The van der Waals surface area contributed by atoms with Crippen LogP contribution in [0.3, 0.4) is 0 Å². The molecular weight excluding hydrogens is 384 g/mol. The number of hydrogen-bond acceptors (Lipinski definition) is 6. The molecule has 0 amide bonds. The molecule has 0 aromatic heterocycles. The van der Waals surface area contributed by atoms with Crippen LogP contribution in [0.25, 0.3) is 6.08 Å². The molecule has 0 saturated heterocycles. The molecule has 0 aliphatic carbocycles. The van der Waals surface area contributed by atoms with E-state index < -0.39 is 12.6 Å². The van der Waals surface area contributed by atoms with Gasteiger partial charge in [-0.2, -0.15) is 8.78 Å². The predicted molar refractivity (Wildman–Crippen MR) is 100 cm³/mol. The van der Waals surface area contributed by atoms with Crippen molar-refractivity contribution < 1.29 is 32.5 Å². The van der Waals surface area contributed by atoms with Crippen molar-refractivity contribution >= 4 is 17.9 Å². The Bertz CT molecular complexity index is 1040. The number of carbonyl (C=O) groups is 1. The number of carbonyl (C=O) groups excluding carboxylic acids is 1. The van der Waals surface area contributed by atoms with E-state index >= 15 is 0 Å². The van der Waals surface area contributed by atoms with Crippen LogP contribution in [0.1, 0.15) is 11.1 Å². The molecule has 0 radical (unpaired) electrons. The number of aliphatic imine (C=N–C) groups is 1. The Kier molecular flexibility index (Phi) is 4.99. The molecule has 2 aliphatic heterocycles. The average molecular weight is 399 g/mol. The van der Waals surface area contributed by atoms with Crippen molar-refractivity contribution in [2.24, 2.45) is 4.99 Å². The van der Waals surface area contributed by atoms with Crippen LogP contribution in [0.15, 0.2) is 64.8 Å². The van der Waals surface area contributed by atoms with Gasteiger partial charge in [-0.3, -0.25) is 0 Å². The van der Waals surface area contributed by atoms with Crippen LogP contribution in [-0.4, -0.2) is 32.2 Å². The van der Waals surface area contributed by atoms with Crippen molar-refractivity contribution in [1.82, 2.24) is 0 Å². The number of nitrogens with zero attached hydrogens (tertiary/aromatic N) is 1. The summed E-state index contributed by atoms with van der Waals surface area (Å²) in [6.45, 7) is -2.64. The average Bonchev–Trinajstić information content (AvgIpc) is 3.08. The minimum Gasteiger partial charge on any atom is -0.497 e. The van der Waals surface area contributed by atoms with E-state index in [9.17, 15) is 13.6 Å². The first kappa shape index (κ1) is 18.7. The SMILES string of the molecule is COc1ccc2c(c1)OCC(C=C1N=C(c3ccc(OC(F)F)cc3)OC1=O)=C2. The summed E-state index contributed by atoms with van der Waals surface area (Å²) < 4.78 is 44.8. The molecule has 6 nitrogen and oxygen atoms in total. The third-order valence-corrected chi connectivity index (χ3v) is 4.23. The van der Waals surface area contributed by atoms with Crippen LogP contribution in [0.5, 0.6) is 17.2 Å². The Labute approximate surface area is 164 Å². The molecule has 0 N–H and O–H groups in total. The van der Waals surface area contributed by atoms with E-state index in [0.717, 1.165) is 11.1 Å². The second-order valence-corrected chi connectivity index (χ2v) is 6.15. The normalized spacial score (nSPS) is 16.7. The maximum absolute atomic E-state index is 12.2. The molecule has 0 saturated carbocycles. The molecule has 2 heterocycles. The third-order valence-electron chi connectivity index (χ3n) is 4.23. The Morgan fingerprint density at radius 2 is 1.90 bits per heavy atom. The topological polar surface area (TPSA) is 66.3 Å². The largest absolute Gasteiger partial charge is 0.497 e. The highest BCUT2D eigenvalue weighted by Crippen LogP contribution is 2.31. The number of benzene rings is 2. The molecule has 0 bridgehead atoms. The Balaban J connectivity index is 1.55. The van der Waals surface area contributed by atoms with E-state index in [1.165, 1.54) is 24.3 Å². The first-order chi connectivity index (χ1) is 14.0. The zero-order valence-electron chi connectivity index (χ0n) is 15.2. The summed E-state index contributed by atoms with van der Waals surface area (Å²) in [5, 5.41) is 0. The van der Waals surface area contributed by atoms with Crippen molar-refractivity contribution in [3.63, 3.8) is 0 Å². The molecule has 2 aliphatic rings. The minimum atomic E-state index is -2.91. The maximum Gasteiger partial charge on any atom is 0.387 e. The number of rotatable bonds is 5. The van der Waals surface area contributed by atoms with Crippen LogP contribution in [0, 0.1) is 0 Å². The van der Waals surface area contributed by atoms with E-state index in [4.69, 9.17) is 14.2 Å². The Morgan fingerprint density at radius 3 is 2.62 bits per heavy atom. The Morgan fingerprint density at radius 1 is 1.14 bits per heavy atom. The van der Waals surface area contributed by atoms with Crippen LogP contribution >= 0.6 is 0 Å². The highest BCUT2D eigenvalue weighted by atomic mass is 19.3. The number of hydrogen-bond donors (Lipinski definition) is 0. The molecule has 0 fully saturated rings. The molecule has 0 spiro atoms. The predicted octanol–water partition coefficient (Wildman–Crippen LogP) is 3.96. The summed E-state index contributed by atoms with van der Waals surface area (Å²) in [6.07, 6.45) is 3.49. The lowest BCUT2D eigenvalue weighted by atomic mass is 10.1. The van der Waals surface area contributed by atoms with E-state index in [-0.39, 0.29) is 24.0 Å². The number of methoxy groups -OCH3 is 1. The van der Waals surface area contributed by atoms with Gasteiger partial charge in [0.05, 0.1) is 7.11 Å². The molecule has 2 aromatic carbocycles. The van der Waals surface area contributed by atoms with E-state index in [1.807, 2.05) is 18.2 Å². The number of ether oxygens (including phenoxy) is 4. The third kappa shape index (κ3) is 4.11. The standard InChI is InChI=1S/C21H15F2NO5/c1-26-16-7-4-14-8-12(11-27-18(14)10-16)9-17-20(25)29-19(24-17)13-2-5-15(6-3-13)28-21(22)23/h2-10,21H,11H2,1H3. The zero-order valence-corrected chi connectivity index (χ0v) is 15.2. The second kappa shape index (κ2) is 7.75. The van der Waals surface area contributed by atoms with Crippen molar-refractivity contribution in [3.05, 3.63) is 70.9 Å². The van der Waals surface area contributed by atoms with E-state index in [1.54, 1.807) is 19.3 Å². The summed E-state index contributed by atoms with van der Waals surface area (Å²) >= 11 is 0. The minimum absolute atomic E-state index is 0.00393. The first-order valence-corrected chi connectivity index (χ1v) is 8.61. The van der Waals surface area contributed by atoms with Gasteiger partial charge in [0.1, 0.15) is 23.9 Å². The van der Waals surface area contributed by atoms with Gasteiger partial charge in [0.15, 0.2) is 5.70 Å². The fourth-order valence-corrected chi connectivity index (χ4v) is 2.86. The number of esters is 1. The quantitative estimate of drug-likeness (QED) is 0.563. The Hall–Kier alpha value is -3.68. The van der Waals surface area contributed by atoms with Crippen LogP contribution in [0.2, 0.25) is 0 Å². The summed E-state index contributed by atoms with van der Waals surface area (Å²) in [6, 6.07) is 11.1. The fraction of sp³-hybridized carbons (Fsp3) is 0.143. The highest BCUT2D eigenvalue weighted by Gasteiger charge is 2.25. The molecule has 2 aromatic rings. The van der Waals surface area contributed by atoms with Gasteiger partial charge in [0.2, 0.25) is 5.90 Å². The van der Waals surface area contributed by atoms with Gasteiger partial charge in [-0.15, -0.1) is 0 Å². The van der Waals surface area contributed by atoms with Gasteiger partial charge in [-0.05, 0) is 54.1 Å². The lowest BCUT2D eigenvalue weighted by molar-refractivity contribution is -0.130. The van der Waals surface area contributed by atoms with Crippen LogP contribution < -0.4 is 14.2 Å². The molecule has 29 heavy (non-hydrogen) atoms. The lowest BCUT2D eigenvalue weighted by Gasteiger charge is -2.16. The van der Waals surface area contributed by atoms with Gasteiger partial charge in [-0.25, -0.2) is 9.79 Å². The van der Waals surface area contributed by atoms with Crippen LogP contribution in [0.4, 0.5) is 8.78 Å². The van der Waals surface area contributed by atoms with Gasteiger partial charge in [0.25, 0.3) is 0 Å². The molecule has 8 heteroatoms. The smallest absolute Gasteiger partial charge is 0.387 e. The van der Waals surface area contributed by atoms with Crippen molar-refractivity contribution in [1.29, 1.82) is 0 Å². The summed E-state index contributed by atoms with van der Waals surface area (Å²) in [5.74, 6) is 0.874. The number of fused-ring (bicyclic) bond motifs is 1. The van der Waals surface area contributed by atoms with Crippen molar-refractivity contribution in [2.75, 3.05) is 13.7 Å². The molecule has 148 valence electrons. The van der Waals surface area contributed by atoms with E-state index in [0.29, 0.717) is 17.1 Å². The van der Waals surface area contributed by atoms with Crippen molar-refractivity contribution in [2.45, 2.75) is 6.61 Å². The van der Waals surface area contributed by atoms with E-state index in [2.05, 4.69) is 9.73 Å². The molecular formula is C21H15F2NO5. The zero-order chi connectivity index (χ0) is 20.4. The number of cyclic esters (lactones) is 1. The van der Waals surface area contributed by atoms with Crippen LogP contribution in [-0.2, 0) is 9.53 Å². The first-order valence-electron chi connectivity index (χ1n) is 8.61. The lowest BCUT2D eigenvalue weighted by Crippen LogP contribution is -2.08. The fourth-order valence-electron chi connectivity index (χ4n) is 2.86. The number of alkyl halides is 2. The monoisotopic (exact) mass is 399 g/mol. The van der Waals surface area contributed by atoms with Gasteiger partial charge in [0, 0.05) is 17.2 Å². The second-order valence-electron chi connectivity index (χ2n) is 6.15. The number of halogens is 2. The van der Waals surface area contributed by atoms with Gasteiger partial charge >= 0.3 is 12.6 Å². The highest BCUT2D eigenvalue weighted by molar-refractivity contribution is 6.11.